The summed E-state index contributed by atoms with van der Waals surface area (Å²) < 4.78 is 17.3. The van der Waals surface area contributed by atoms with Gasteiger partial charge in [-0.3, -0.25) is 4.90 Å². The quantitative estimate of drug-likeness (QED) is 0.629. The second kappa shape index (κ2) is 7.42. The van der Waals surface area contributed by atoms with Crippen LogP contribution in [-0.2, 0) is 4.74 Å². The van der Waals surface area contributed by atoms with Crippen molar-refractivity contribution in [3.8, 4) is 11.5 Å². The lowest BCUT2D eigenvalue weighted by Crippen LogP contribution is -2.62. The smallest absolute Gasteiger partial charge is 0.318 e. The molecule has 0 bridgehead atoms. The lowest BCUT2D eigenvalue weighted by molar-refractivity contribution is -0.0216. The van der Waals surface area contributed by atoms with Crippen molar-refractivity contribution >= 4 is 6.01 Å². The zero-order chi connectivity index (χ0) is 20.8. The van der Waals surface area contributed by atoms with E-state index in [2.05, 4.69) is 48.4 Å². The van der Waals surface area contributed by atoms with Gasteiger partial charge in [0.1, 0.15) is 5.60 Å². The number of ether oxygens (including phenoxy) is 1. The molecule has 1 unspecified atom stereocenters. The molecule has 1 atom stereocenters. The summed E-state index contributed by atoms with van der Waals surface area (Å²) in [7, 11) is 0. The maximum atomic E-state index is 6.26. The summed E-state index contributed by atoms with van der Waals surface area (Å²) in [6.07, 6.45) is 4.70. The number of rotatable bonds is 4. The van der Waals surface area contributed by atoms with Crippen LogP contribution in [0.15, 0.2) is 39.5 Å². The number of piperidine rings is 1. The highest BCUT2D eigenvalue weighted by Crippen LogP contribution is 2.41. The van der Waals surface area contributed by atoms with E-state index >= 15 is 0 Å². The number of anilines is 1. The first kappa shape index (κ1) is 18.9. The number of hydrogen-bond acceptors (Lipinski definition) is 9. The first-order valence-electron chi connectivity index (χ1n) is 11.0. The van der Waals surface area contributed by atoms with Crippen LogP contribution in [0, 0.1) is 6.92 Å². The van der Waals surface area contributed by atoms with E-state index in [0.717, 1.165) is 57.6 Å². The predicted molar refractivity (Wildman–Crippen MR) is 112 cm³/mol. The van der Waals surface area contributed by atoms with Crippen LogP contribution in [0.5, 0.6) is 0 Å². The maximum absolute atomic E-state index is 6.26. The van der Waals surface area contributed by atoms with Crippen molar-refractivity contribution in [2.75, 3.05) is 37.7 Å². The molecule has 3 fully saturated rings. The third kappa shape index (κ3) is 3.41. The molecule has 0 saturated carbocycles. The standard InChI is InChI=1S/C22H26N6O3/c1-15-24-25-20(31-15)19-5-3-2-4-18(19)16-6-8-27(9-7-16)17-10-22(30-11-17)12-28(13-22)21-26-23-14-29-21/h2-5,14,16-17H,6-13H2,1H3. The molecule has 5 heterocycles. The molecular weight excluding hydrogens is 396 g/mol. The van der Waals surface area contributed by atoms with Gasteiger partial charge in [-0.05, 0) is 49.9 Å². The van der Waals surface area contributed by atoms with Crippen LogP contribution in [-0.4, -0.2) is 69.7 Å². The monoisotopic (exact) mass is 422 g/mol. The maximum Gasteiger partial charge on any atom is 0.318 e. The van der Waals surface area contributed by atoms with Crippen molar-refractivity contribution in [1.82, 2.24) is 25.3 Å². The van der Waals surface area contributed by atoms with Gasteiger partial charge in [-0.15, -0.1) is 15.3 Å². The highest BCUT2D eigenvalue weighted by Gasteiger charge is 2.52. The van der Waals surface area contributed by atoms with E-state index in [1.54, 1.807) is 0 Å². The fourth-order valence-electron chi connectivity index (χ4n) is 5.39. The molecule has 9 heteroatoms. The fraction of sp³-hybridized carbons (Fsp3) is 0.545. The molecule has 3 saturated heterocycles. The Labute approximate surface area is 180 Å². The van der Waals surface area contributed by atoms with E-state index in [-0.39, 0.29) is 5.60 Å². The zero-order valence-corrected chi connectivity index (χ0v) is 17.6. The number of aryl methyl sites for hydroxylation is 1. The van der Waals surface area contributed by atoms with E-state index in [9.17, 15) is 0 Å². The van der Waals surface area contributed by atoms with Crippen LogP contribution in [0.25, 0.3) is 11.5 Å². The van der Waals surface area contributed by atoms with Crippen LogP contribution in [0.2, 0.25) is 0 Å². The highest BCUT2D eigenvalue weighted by atomic mass is 16.5. The van der Waals surface area contributed by atoms with Gasteiger partial charge in [0.2, 0.25) is 18.2 Å². The van der Waals surface area contributed by atoms with Gasteiger partial charge < -0.3 is 18.5 Å². The van der Waals surface area contributed by atoms with Crippen molar-refractivity contribution < 1.29 is 13.6 Å². The molecule has 6 rings (SSSR count). The number of hydrogen-bond donors (Lipinski definition) is 0. The van der Waals surface area contributed by atoms with Crippen LogP contribution < -0.4 is 4.90 Å². The first-order valence-corrected chi connectivity index (χ1v) is 11.0. The highest BCUT2D eigenvalue weighted by molar-refractivity contribution is 5.59. The van der Waals surface area contributed by atoms with Gasteiger partial charge in [-0.25, -0.2) is 0 Å². The molecule has 0 amide bonds. The molecule has 0 radical (unpaired) electrons. The molecule has 31 heavy (non-hydrogen) atoms. The molecule has 3 aromatic rings. The normalized spacial score (nSPS) is 24.0. The zero-order valence-electron chi connectivity index (χ0n) is 17.6. The summed E-state index contributed by atoms with van der Waals surface area (Å²) >= 11 is 0. The van der Waals surface area contributed by atoms with Crippen molar-refractivity contribution in [1.29, 1.82) is 0 Å². The Bertz CT molecular complexity index is 1040. The average molecular weight is 422 g/mol. The van der Waals surface area contributed by atoms with Gasteiger partial charge in [0.15, 0.2) is 0 Å². The SMILES string of the molecule is Cc1nnc(-c2ccccc2C2CCN(C3COC4(C3)CN(c3nnco3)C4)CC2)o1. The topological polar surface area (TPSA) is 93.6 Å². The number of likely N-dealkylation sites (tertiary alicyclic amines) is 1. The Morgan fingerprint density at radius 3 is 2.65 bits per heavy atom. The van der Waals surface area contributed by atoms with E-state index in [1.165, 1.54) is 12.0 Å². The third-order valence-electron chi connectivity index (χ3n) is 6.97. The fourth-order valence-corrected chi connectivity index (χ4v) is 5.39. The van der Waals surface area contributed by atoms with Gasteiger partial charge in [-0.2, -0.15) is 0 Å². The minimum Gasteiger partial charge on any atom is -0.421 e. The third-order valence-corrected chi connectivity index (χ3v) is 6.97. The summed E-state index contributed by atoms with van der Waals surface area (Å²) in [5, 5.41) is 16.0. The second-order valence-corrected chi connectivity index (χ2v) is 8.95. The minimum atomic E-state index is -0.0571. The Kier molecular flexibility index (Phi) is 4.53. The van der Waals surface area contributed by atoms with Crippen molar-refractivity contribution in [2.45, 2.75) is 43.7 Å². The summed E-state index contributed by atoms with van der Waals surface area (Å²) in [4.78, 5) is 4.71. The van der Waals surface area contributed by atoms with E-state index in [4.69, 9.17) is 13.6 Å². The predicted octanol–water partition coefficient (Wildman–Crippen LogP) is 2.66. The molecule has 0 N–H and O–H groups in total. The van der Waals surface area contributed by atoms with Gasteiger partial charge in [0, 0.05) is 18.5 Å². The summed E-state index contributed by atoms with van der Waals surface area (Å²) in [5.74, 6) is 1.73. The van der Waals surface area contributed by atoms with Gasteiger partial charge >= 0.3 is 6.01 Å². The largest absolute Gasteiger partial charge is 0.421 e. The van der Waals surface area contributed by atoms with Gasteiger partial charge in [0.05, 0.1) is 19.7 Å². The molecule has 162 valence electrons. The van der Waals surface area contributed by atoms with E-state index in [1.807, 2.05) is 13.0 Å². The van der Waals surface area contributed by atoms with Crippen molar-refractivity contribution in [3.63, 3.8) is 0 Å². The van der Waals surface area contributed by atoms with Crippen LogP contribution in [0.4, 0.5) is 6.01 Å². The molecule has 0 aliphatic carbocycles. The van der Waals surface area contributed by atoms with Crippen LogP contribution in [0.1, 0.15) is 36.6 Å². The van der Waals surface area contributed by atoms with Crippen LogP contribution >= 0.6 is 0 Å². The molecule has 9 nitrogen and oxygen atoms in total. The molecular formula is C22H26N6O3. The first-order chi connectivity index (χ1) is 15.2. The summed E-state index contributed by atoms with van der Waals surface area (Å²) in [5.41, 5.74) is 2.33. The lowest BCUT2D eigenvalue weighted by atomic mass is 9.85. The van der Waals surface area contributed by atoms with Crippen molar-refractivity contribution in [3.05, 3.63) is 42.1 Å². The van der Waals surface area contributed by atoms with Gasteiger partial charge in [0.25, 0.3) is 0 Å². The molecule has 1 aromatic carbocycles. The molecule has 3 aliphatic heterocycles. The lowest BCUT2D eigenvalue weighted by Gasteiger charge is -2.46. The number of benzene rings is 1. The van der Waals surface area contributed by atoms with E-state index < -0.39 is 0 Å². The number of nitrogens with zero attached hydrogens (tertiary/aromatic N) is 6. The van der Waals surface area contributed by atoms with E-state index in [0.29, 0.717) is 29.8 Å². The summed E-state index contributed by atoms with van der Waals surface area (Å²) in [6.45, 7) is 6.47. The van der Waals surface area contributed by atoms with Crippen molar-refractivity contribution in [2.24, 2.45) is 0 Å². The Hall–Kier alpha value is -2.78. The average Bonchev–Trinajstić information content (AvgIpc) is 3.53. The second-order valence-electron chi connectivity index (χ2n) is 8.95. The minimum absolute atomic E-state index is 0.0571. The Morgan fingerprint density at radius 2 is 1.90 bits per heavy atom. The molecule has 2 aromatic heterocycles. The number of aromatic nitrogens is 4. The molecule has 3 aliphatic rings. The van der Waals surface area contributed by atoms with Crippen LogP contribution in [0.3, 0.4) is 0 Å². The van der Waals surface area contributed by atoms with Gasteiger partial charge in [-0.1, -0.05) is 23.3 Å². The molecule has 1 spiro atoms. The Balaban J connectivity index is 1.08. The summed E-state index contributed by atoms with van der Waals surface area (Å²) in [6, 6.07) is 9.53. The Morgan fingerprint density at radius 1 is 1.06 bits per heavy atom.